The highest BCUT2D eigenvalue weighted by Crippen LogP contribution is 2.31. The van der Waals surface area contributed by atoms with E-state index in [0.29, 0.717) is 17.9 Å². The van der Waals surface area contributed by atoms with Crippen molar-refractivity contribution in [3.8, 4) is 11.4 Å². The Labute approximate surface area is 164 Å². The molecule has 0 radical (unpaired) electrons. The third-order valence-corrected chi connectivity index (χ3v) is 5.40. The van der Waals surface area contributed by atoms with Crippen molar-refractivity contribution in [3.63, 3.8) is 0 Å². The van der Waals surface area contributed by atoms with Crippen LogP contribution in [0.2, 0.25) is 0 Å². The highest BCUT2D eigenvalue weighted by Gasteiger charge is 2.32. The maximum absolute atomic E-state index is 13.3. The van der Waals surface area contributed by atoms with Gasteiger partial charge in [-0.2, -0.15) is 5.10 Å². The molecule has 0 saturated carbocycles. The van der Waals surface area contributed by atoms with Crippen LogP contribution < -0.4 is 4.74 Å². The smallest absolute Gasteiger partial charge is 0.257 e. The number of methoxy groups -OCH3 is 1. The average molecular weight is 377 g/mol. The summed E-state index contributed by atoms with van der Waals surface area (Å²) < 4.78 is 7.15. The zero-order valence-corrected chi connectivity index (χ0v) is 16.0. The van der Waals surface area contributed by atoms with Gasteiger partial charge in [0.05, 0.1) is 37.2 Å². The molecule has 4 rings (SSSR count). The number of rotatable bonds is 4. The van der Waals surface area contributed by atoms with E-state index in [1.54, 1.807) is 22.9 Å². The molecule has 0 saturated heterocycles. The van der Waals surface area contributed by atoms with Crippen LogP contribution in [0, 0.1) is 6.92 Å². The lowest BCUT2D eigenvalue weighted by atomic mass is 9.92. The van der Waals surface area contributed by atoms with Gasteiger partial charge >= 0.3 is 0 Å². The van der Waals surface area contributed by atoms with Gasteiger partial charge in [0.1, 0.15) is 11.4 Å². The van der Waals surface area contributed by atoms with Crippen LogP contribution in [0.4, 0.5) is 0 Å². The number of amides is 1. The number of ether oxygens (including phenoxy) is 1. The van der Waals surface area contributed by atoms with Crippen LogP contribution >= 0.6 is 0 Å². The number of hydrogen-bond donors (Lipinski definition) is 1. The molecule has 6 heteroatoms. The first-order chi connectivity index (χ1) is 13.7. The summed E-state index contributed by atoms with van der Waals surface area (Å²) in [7, 11) is 1.61. The predicted octanol–water partition coefficient (Wildman–Crippen LogP) is 2.92. The number of aromatic nitrogens is 2. The molecule has 0 bridgehead atoms. The number of nitrogens with zero attached hydrogens (tertiary/aromatic N) is 3. The highest BCUT2D eigenvalue weighted by molar-refractivity contribution is 5.95. The molecule has 1 aliphatic rings. The lowest BCUT2D eigenvalue weighted by Crippen LogP contribution is -2.41. The zero-order valence-electron chi connectivity index (χ0n) is 16.0. The Kier molecular flexibility index (Phi) is 4.88. The molecule has 0 spiro atoms. The van der Waals surface area contributed by atoms with Crippen molar-refractivity contribution in [1.82, 2.24) is 14.7 Å². The maximum Gasteiger partial charge on any atom is 0.257 e. The van der Waals surface area contributed by atoms with Crippen LogP contribution in [-0.4, -0.2) is 46.0 Å². The normalized spacial score (nSPS) is 16.0. The number of fused-ring (bicyclic) bond motifs is 1. The van der Waals surface area contributed by atoms with Gasteiger partial charge in [0.25, 0.3) is 5.91 Å². The number of aliphatic hydroxyl groups is 1. The Balaban J connectivity index is 1.69. The lowest BCUT2D eigenvalue weighted by molar-refractivity contribution is 0.0568. The SMILES string of the molecule is COc1ccccc1-n1ncc(C(=O)N2CCc3ccccc3C2CO)c1C. The number of benzene rings is 2. The molecular weight excluding hydrogens is 354 g/mol. The van der Waals surface area contributed by atoms with E-state index < -0.39 is 0 Å². The maximum atomic E-state index is 13.3. The minimum absolute atomic E-state index is 0.109. The number of carbonyl (C=O) groups is 1. The Morgan fingerprint density at radius 3 is 2.75 bits per heavy atom. The molecule has 0 fully saturated rings. The summed E-state index contributed by atoms with van der Waals surface area (Å²) in [6.07, 6.45) is 2.37. The predicted molar refractivity (Wildman–Crippen MR) is 106 cm³/mol. The van der Waals surface area contributed by atoms with Crippen molar-refractivity contribution < 1.29 is 14.6 Å². The fourth-order valence-electron chi connectivity index (χ4n) is 3.91. The fraction of sp³-hybridized carbons (Fsp3) is 0.273. The Morgan fingerprint density at radius 2 is 1.96 bits per heavy atom. The largest absolute Gasteiger partial charge is 0.494 e. The monoisotopic (exact) mass is 377 g/mol. The van der Waals surface area contributed by atoms with E-state index in [-0.39, 0.29) is 18.6 Å². The molecule has 28 heavy (non-hydrogen) atoms. The van der Waals surface area contributed by atoms with E-state index in [4.69, 9.17) is 4.74 Å². The van der Waals surface area contributed by atoms with E-state index in [0.717, 1.165) is 23.4 Å². The molecule has 1 aromatic heterocycles. The minimum atomic E-state index is -0.341. The van der Waals surface area contributed by atoms with Crippen molar-refractivity contribution in [1.29, 1.82) is 0 Å². The summed E-state index contributed by atoms with van der Waals surface area (Å²) in [6.45, 7) is 2.33. The Bertz CT molecular complexity index is 1010. The first-order valence-corrected chi connectivity index (χ1v) is 9.33. The Hall–Kier alpha value is -3.12. The number of hydrogen-bond acceptors (Lipinski definition) is 4. The first-order valence-electron chi connectivity index (χ1n) is 9.33. The van der Waals surface area contributed by atoms with Crippen molar-refractivity contribution in [2.45, 2.75) is 19.4 Å². The second-order valence-corrected chi connectivity index (χ2v) is 6.87. The highest BCUT2D eigenvalue weighted by atomic mass is 16.5. The van der Waals surface area contributed by atoms with Gasteiger partial charge < -0.3 is 14.7 Å². The fourth-order valence-corrected chi connectivity index (χ4v) is 3.91. The van der Waals surface area contributed by atoms with Gasteiger partial charge in [0, 0.05) is 6.54 Å². The molecule has 1 amide bonds. The van der Waals surface area contributed by atoms with Crippen molar-refractivity contribution in [2.75, 3.05) is 20.3 Å². The third kappa shape index (κ3) is 2.96. The quantitative estimate of drug-likeness (QED) is 0.759. The molecule has 0 aliphatic carbocycles. The van der Waals surface area contributed by atoms with Gasteiger partial charge in [-0.05, 0) is 36.6 Å². The minimum Gasteiger partial charge on any atom is -0.494 e. The summed E-state index contributed by atoms with van der Waals surface area (Å²) in [4.78, 5) is 15.1. The van der Waals surface area contributed by atoms with Crippen LogP contribution in [-0.2, 0) is 6.42 Å². The molecule has 1 unspecified atom stereocenters. The van der Waals surface area contributed by atoms with Gasteiger partial charge in [0.2, 0.25) is 0 Å². The summed E-state index contributed by atoms with van der Waals surface area (Å²) in [5.41, 5.74) is 4.25. The molecule has 1 atom stereocenters. The summed E-state index contributed by atoms with van der Waals surface area (Å²) in [6, 6.07) is 15.2. The standard InChI is InChI=1S/C22H23N3O3/c1-15-18(13-23-25(15)19-9-5-6-10-21(19)28-2)22(27)24-12-11-16-7-3-4-8-17(16)20(24)14-26/h3-10,13,20,26H,11-12,14H2,1-2H3. The zero-order chi connectivity index (χ0) is 19.7. The number of para-hydroxylation sites is 2. The summed E-state index contributed by atoms with van der Waals surface area (Å²) in [5, 5.41) is 14.4. The molecule has 6 nitrogen and oxygen atoms in total. The second-order valence-electron chi connectivity index (χ2n) is 6.87. The summed E-state index contributed by atoms with van der Waals surface area (Å²) >= 11 is 0. The van der Waals surface area contributed by atoms with Gasteiger partial charge in [-0.3, -0.25) is 4.79 Å². The van der Waals surface area contributed by atoms with Crippen LogP contribution in [0.25, 0.3) is 5.69 Å². The summed E-state index contributed by atoms with van der Waals surface area (Å²) in [5.74, 6) is 0.569. The van der Waals surface area contributed by atoms with Crippen LogP contribution in [0.3, 0.4) is 0 Å². The molecule has 144 valence electrons. The molecule has 2 aromatic carbocycles. The van der Waals surface area contributed by atoms with Crippen LogP contribution in [0.1, 0.15) is 33.2 Å². The lowest BCUT2D eigenvalue weighted by Gasteiger charge is -2.36. The van der Waals surface area contributed by atoms with Gasteiger partial charge in [-0.25, -0.2) is 4.68 Å². The van der Waals surface area contributed by atoms with Crippen molar-refractivity contribution in [3.05, 3.63) is 77.1 Å². The molecule has 2 heterocycles. The van der Waals surface area contributed by atoms with Crippen molar-refractivity contribution >= 4 is 5.91 Å². The van der Waals surface area contributed by atoms with Crippen LogP contribution in [0.5, 0.6) is 5.75 Å². The Morgan fingerprint density at radius 1 is 1.21 bits per heavy atom. The third-order valence-electron chi connectivity index (χ3n) is 5.40. The van der Waals surface area contributed by atoms with Crippen molar-refractivity contribution in [2.24, 2.45) is 0 Å². The molecular formula is C22H23N3O3. The topological polar surface area (TPSA) is 67.6 Å². The second kappa shape index (κ2) is 7.48. The van der Waals surface area contributed by atoms with Gasteiger partial charge in [-0.15, -0.1) is 0 Å². The van der Waals surface area contributed by atoms with Gasteiger partial charge in [-0.1, -0.05) is 36.4 Å². The van der Waals surface area contributed by atoms with E-state index in [1.165, 1.54) is 5.56 Å². The van der Waals surface area contributed by atoms with Crippen LogP contribution in [0.15, 0.2) is 54.7 Å². The molecule has 1 N–H and O–H groups in total. The van der Waals surface area contributed by atoms with E-state index in [1.807, 2.05) is 49.4 Å². The average Bonchev–Trinajstić information content (AvgIpc) is 3.13. The number of aliphatic hydroxyl groups excluding tert-OH is 1. The van der Waals surface area contributed by atoms with E-state index in [2.05, 4.69) is 11.2 Å². The van der Waals surface area contributed by atoms with Gasteiger partial charge in [0.15, 0.2) is 0 Å². The number of carbonyl (C=O) groups excluding carboxylic acids is 1. The van der Waals surface area contributed by atoms with E-state index >= 15 is 0 Å². The molecule has 3 aromatic rings. The first kappa shape index (κ1) is 18.3. The molecule has 1 aliphatic heterocycles. The van der Waals surface area contributed by atoms with E-state index in [9.17, 15) is 9.90 Å².